The van der Waals surface area contributed by atoms with E-state index in [9.17, 15) is 19.5 Å². The van der Waals surface area contributed by atoms with Crippen LogP contribution in [0.3, 0.4) is 0 Å². The molecule has 146 valence electrons. The number of methoxy groups -OCH3 is 2. The summed E-state index contributed by atoms with van der Waals surface area (Å²) in [5.41, 5.74) is -0.368. The van der Waals surface area contributed by atoms with Crippen LogP contribution in [-0.2, 0) is 20.7 Å². The molecule has 0 atom stereocenters. The molecule has 1 aromatic carbocycles. The second-order valence-electron chi connectivity index (χ2n) is 5.67. The van der Waals surface area contributed by atoms with Crippen molar-refractivity contribution in [3.8, 4) is 11.5 Å². The van der Waals surface area contributed by atoms with Crippen molar-refractivity contribution in [3.05, 3.63) is 33.2 Å². The molecular weight excluding hydrogens is 358 g/mol. The molecule has 9 nitrogen and oxygen atoms in total. The summed E-state index contributed by atoms with van der Waals surface area (Å²) in [6, 6.07) is 1.45. The summed E-state index contributed by atoms with van der Waals surface area (Å²) in [5.74, 6) is -0.733. The Balaban J connectivity index is 2.33. The zero-order chi connectivity index (χ0) is 20.0. The highest BCUT2D eigenvalue weighted by Crippen LogP contribution is 2.36. The molecule has 2 aromatic rings. The van der Waals surface area contributed by atoms with Crippen LogP contribution in [0.5, 0.6) is 11.5 Å². The third-order valence-corrected chi connectivity index (χ3v) is 4.00. The van der Waals surface area contributed by atoms with E-state index in [1.165, 1.54) is 20.3 Å². The van der Waals surface area contributed by atoms with Gasteiger partial charge in [0.1, 0.15) is 12.4 Å². The van der Waals surface area contributed by atoms with Gasteiger partial charge < -0.3 is 29.1 Å². The van der Waals surface area contributed by atoms with Gasteiger partial charge in [0.2, 0.25) is 5.91 Å². The van der Waals surface area contributed by atoms with Crippen LogP contribution in [0.2, 0.25) is 0 Å². The standard InChI is InChI=1S/C18H21NO8/c1-10-11-6-14(25-3)16(22)13(8-20)17(11)27-18(23)12(10)7-15(21)19-4-5-26-9-24-2/h6,8,22H,4-5,7,9H2,1-3H3,(H,19,21). The van der Waals surface area contributed by atoms with Crippen LogP contribution < -0.4 is 15.7 Å². The van der Waals surface area contributed by atoms with E-state index in [-0.39, 0.29) is 54.7 Å². The quantitative estimate of drug-likeness (QED) is 0.285. The number of phenols is 1. The average molecular weight is 379 g/mol. The van der Waals surface area contributed by atoms with Crippen molar-refractivity contribution < 1.29 is 33.3 Å². The highest BCUT2D eigenvalue weighted by molar-refractivity contribution is 6.00. The fourth-order valence-corrected chi connectivity index (χ4v) is 2.61. The third kappa shape index (κ3) is 4.44. The number of hydrogen-bond acceptors (Lipinski definition) is 8. The van der Waals surface area contributed by atoms with Gasteiger partial charge in [0.15, 0.2) is 23.4 Å². The summed E-state index contributed by atoms with van der Waals surface area (Å²) in [6.45, 7) is 2.28. The molecule has 1 heterocycles. The molecule has 27 heavy (non-hydrogen) atoms. The smallest absolute Gasteiger partial charge is 0.340 e. The zero-order valence-corrected chi connectivity index (χ0v) is 15.3. The van der Waals surface area contributed by atoms with Crippen molar-refractivity contribution in [2.24, 2.45) is 0 Å². The molecule has 2 N–H and O–H groups in total. The third-order valence-electron chi connectivity index (χ3n) is 4.00. The molecule has 0 aliphatic heterocycles. The van der Waals surface area contributed by atoms with Crippen LogP contribution in [0.25, 0.3) is 11.0 Å². The minimum atomic E-state index is -0.751. The summed E-state index contributed by atoms with van der Waals surface area (Å²) in [7, 11) is 2.83. The van der Waals surface area contributed by atoms with Gasteiger partial charge >= 0.3 is 5.63 Å². The second kappa shape index (κ2) is 9.15. The van der Waals surface area contributed by atoms with Gasteiger partial charge in [-0.3, -0.25) is 9.59 Å². The Morgan fingerprint density at radius 2 is 2.11 bits per heavy atom. The van der Waals surface area contributed by atoms with Crippen LogP contribution in [0.4, 0.5) is 0 Å². The molecular formula is C18H21NO8. The first kappa shape index (κ1) is 20.4. The Bertz CT molecular complexity index is 903. The van der Waals surface area contributed by atoms with Crippen molar-refractivity contribution >= 4 is 23.2 Å². The number of aryl methyl sites for hydroxylation is 1. The first-order valence-electron chi connectivity index (χ1n) is 8.09. The van der Waals surface area contributed by atoms with Gasteiger partial charge in [-0.1, -0.05) is 0 Å². The van der Waals surface area contributed by atoms with Crippen molar-refractivity contribution in [1.82, 2.24) is 5.32 Å². The van der Waals surface area contributed by atoms with E-state index in [4.69, 9.17) is 18.6 Å². The van der Waals surface area contributed by atoms with Gasteiger partial charge in [-0.25, -0.2) is 4.79 Å². The Morgan fingerprint density at radius 1 is 1.37 bits per heavy atom. The predicted molar refractivity (Wildman–Crippen MR) is 95.4 cm³/mol. The summed E-state index contributed by atoms with van der Waals surface area (Å²) < 4.78 is 20.1. The van der Waals surface area contributed by atoms with E-state index in [1.807, 2.05) is 0 Å². The molecule has 1 amide bonds. The van der Waals surface area contributed by atoms with Gasteiger partial charge in [0, 0.05) is 19.0 Å². The van der Waals surface area contributed by atoms with E-state index >= 15 is 0 Å². The number of benzene rings is 1. The normalized spacial score (nSPS) is 10.8. The minimum absolute atomic E-state index is 0.0528. The number of ether oxygens (including phenoxy) is 3. The average Bonchev–Trinajstić information content (AvgIpc) is 2.65. The van der Waals surface area contributed by atoms with Crippen molar-refractivity contribution in [2.45, 2.75) is 13.3 Å². The first-order valence-corrected chi connectivity index (χ1v) is 8.09. The van der Waals surface area contributed by atoms with Crippen LogP contribution in [0.1, 0.15) is 21.5 Å². The molecule has 2 rings (SSSR count). The fourth-order valence-electron chi connectivity index (χ4n) is 2.61. The number of nitrogens with one attached hydrogen (secondary N) is 1. The molecule has 9 heteroatoms. The largest absolute Gasteiger partial charge is 0.504 e. The van der Waals surface area contributed by atoms with E-state index in [0.29, 0.717) is 17.2 Å². The van der Waals surface area contributed by atoms with Crippen LogP contribution >= 0.6 is 0 Å². The summed E-state index contributed by atoms with van der Waals surface area (Å²) >= 11 is 0. The monoisotopic (exact) mass is 379 g/mol. The van der Waals surface area contributed by atoms with E-state index in [0.717, 1.165) is 0 Å². The number of fused-ring (bicyclic) bond motifs is 1. The molecule has 0 saturated heterocycles. The number of carbonyl (C=O) groups excluding carboxylic acids is 2. The van der Waals surface area contributed by atoms with E-state index in [1.54, 1.807) is 6.92 Å². The van der Waals surface area contributed by atoms with E-state index < -0.39 is 11.4 Å². The number of aldehydes is 1. The number of carbonyl (C=O) groups is 2. The SMILES string of the molecule is COCOCCNC(=O)Cc1c(C)c2cc(OC)c(O)c(C=O)c2oc1=O. The lowest BCUT2D eigenvalue weighted by Crippen LogP contribution is -2.30. The molecule has 0 saturated carbocycles. The fraction of sp³-hybridized carbons (Fsp3) is 0.389. The first-order chi connectivity index (χ1) is 12.9. The lowest BCUT2D eigenvalue weighted by molar-refractivity contribution is -0.121. The maximum atomic E-state index is 12.3. The van der Waals surface area contributed by atoms with Crippen molar-refractivity contribution in [3.63, 3.8) is 0 Å². The van der Waals surface area contributed by atoms with Crippen LogP contribution in [-0.4, -0.2) is 51.5 Å². The Kier molecular flexibility index (Phi) is 6.91. The summed E-state index contributed by atoms with van der Waals surface area (Å²) in [6.07, 6.45) is 0.183. The van der Waals surface area contributed by atoms with Gasteiger partial charge in [-0.15, -0.1) is 0 Å². The molecule has 0 aliphatic rings. The highest BCUT2D eigenvalue weighted by Gasteiger charge is 2.21. The number of phenolic OH excluding ortho intramolecular Hbond substituents is 1. The minimum Gasteiger partial charge on any atom is -0.504 e. The summed E-state index contributed by atoms with van der Waals surface area (Å²) in [4.78, 5) is 35.7. The van der Waals surface area contributed by atoms with Gasteiger partial charge in [-0.2, -0.15) is 0 Å². The number of rotatable bonds is 9. The molecule has 0 radical (unpaired) electrons. The summed E-state index contributed by atoms with van der Waals surface area (Å²) in [5, 5.41) is 13.1. The van der Waals surface area contributed by atoms with Gasteiger partial charge in [0.25, 0.3) is 0 Å². The van der Waals surface area contributed by atoms with Crippen LogP contribution in [0, 0.1) is 6.92 Å². The van der Waals surface area contributed by atoms with Crippen molar-refractivity contribution in [2.75, 3.05) is 34.2 Å². The zero-order valence-electron chi connectivity index (χ0n) is 15.3. The van der Waals surface area contributed by atoms with E-state index in [2.05, 4.69) is 5.32 Å². The molecule has 0 bridgehead atoms. The van der Waals surface area contributed by atoms with Crippen molar-refractivity contribution in [1.29, 1.82) is 0 Å². The Labute approximate surface area is 154 Å². The maximum Gasteiger partial charge on any atom is 0.340 e. The lowest BCUT2D eigenvalue weighted by Gasteiger charge is -2.12. The van der Waals surface area contributed by atoms with Gasteiger partial charge in [0.05, 0.1) is 25.7 Å². The molecule has 0 fully saturated rings. The molecule has 0 aliphatic carbocycles. The van der Waals surface area contributed by atoms with Crippen LogP contribution in [0.15, 0.2) is 15.3 Å². The highest BCUT2D eigenvalue weighted by atomic mass is 16.7. The lowest BCUT2D eigenvalue weighted by atomic mass is 10.0. The number of amides is 1. The molecule has 0 unspecified atom stereocenters. The Morgan fingerprint density at radius 3 is 2.74 bits per heavy atom. The predicted octanol–water partition coefficient (Wildman–Crippen LogP) is 0.907. The second-order valence-corrected chi connectivity index (χ2v) is 5.67. The molecule has 1 aromatic heterocycles. The maximum absolute atomic E-state index is 12.3. The Hall–Kier alpha value is -2.91. The number of aromatic hydroxyl groups is 1. The molecule has 0 spiro atoms. The topological polar surface area (TPSA) is 124 Å². The van der Waals surface area contributed by atoms with Gasteiger partial charge in [-0.05, 0) is 18.6 Å². The number of hydrogen-bond donors (Lipinski definition) is 2.